The molecular formula is C18H33NO2. The summed E-state index contributed by atoms with van der Waals surface area (Å²) < 4.78 is 0. The third-order valence-electron chi connectivity index (χ3n) is 6.04. The summed E-state index contributed by atoms with van der Waals surface area (Å²) >= 11 is 0. The molecule has 0 radical (unpaired) electrons. The number of amides is 2. The number of rotatable bonds is 8. The number of carbonyl (C=O) groups excluding carboxylic acids is 2. The Hall–Kier alpha value is -0.860. The summed E-state index contributed by atoms with van der Waals surface area (Å²) in [5, 5.41) is 2.58. The topological polar surface area (TPSA) is 46.2 Å². The van der Waals surface area contributed by atoms with Gasteiger partial charge in [0.05, 0.1) is 5.41 Å². The Balaban J connectivity index is 3.19. The largest absolute Gasteiger partial charge is 0.296 e. The van der Waals surface area contributed by atoms with E-state index in [1.807, 2.05) is 0 Å². The second-order valence-electron chi connectivity index (χ2n) is 7.82. The molecule has 1 heterocycles. The van der Waals surface area contributed by atoms with Crippen molar-refractivity contribution in [1.82, 2.24) is 5.32 Å². The first-order valence-electron chi connectivity index (χ1n) is 8.50. The molecule has 1 aliphatic heterocycles. The van der Waals surface area contributed by atoms with Crippen LogP contribution in [0.4, 0.5) is 0 Å². The summed E-state index contributed by atoms with van der Waals surface area (Å²) in [6, 6.07) is 0. The second-order valence-corrected chi connectivity index (χ2v) is 7.82. The minimum absolute atomic E-state index is 0.0401. The molecule has 1 fully saturated rings. The smallest absolute Gasteiger partial charge is 0.233 e. The van der Waals surface area contributed by atoms with Crippen molar-refractivity contribution < 1.29 is 9.59 Å². The number of nitrogens with one attached hydrogen (secondary N) is 1. The Morgan fingerprint density at radius 1 is 1.10 bits per heavy atom. The highest BCUT2D eigenvalue weighted by molar-refractivity contribution is 6.06. The van der Waals surface area contributed by atoms with Gasteiger partial charge in [0.25, 0.3) is 0 Å². The van der Waals surface area contributed by atoms with Crippen LogP contribution in [0.5, 0.6) is 0 Å². The molecule has 21 heavy (non-hydrogen) atoms. The summed E-state index contributed by atoms with van der Waals surface area (Å²) in [5.41, 5.74) is -0.573. The summed E-state index contributed by atoms with van der Waals surface area (Å²) in [5.74, 6) is -0.138. The zero-order valence-corrected chi connectivity index (χ0v) is 14.8. The van der Waals surface area contributed by atoms with Crippen molar-refractivity contribution in [2.24, 2.45) is 16.2 Å². The molecule has 1 unspecified atom stereocenters. The summed E-state index contributed by atoms with van der Waals surface area (Å²) in [4.78, 5) is 24.6. The molecule has 2 amide bonds. The van der Waals surface area contributed by atoms with Crippen LogP contribution in [0.3, 0.4) is 0 Å². The van der Waals surface area contributed by atoms with E-state index >= 15 is 0 Å². The predicted octanol–water partition coefficient (Wildman–Crippen LogP) is 4.45. The molecule has 1 atom stereocenters. The Bertz CT molecular complexity index is 396. The van der Waals surface area contributed by atoms with Crippen molar-refractivity contribution in [3.05, 3.63) is 0 Å². The van der Waals surface area contributed by atoms with E-state index in [4.69, 9.17) is 0 Å². The quantitative estimate of drug-likeness (QED) is 0.672. The van der Waals surface area contributed by atoms with Gasteiger partial charge in [0.1, 0.15) is 0 Å². The minimum atomic E-state index is -0.542. The van der Waals surface area contributed by atoms with Crippen LogP contribution in [-0.2, 0) is 9.59 Å². The molecule has 1 saturated heterocycles. The Morgan fingerprint density at radius 3 is 2.05 bits per heavy atom. The van der Waals surface area contributed by atoms with Crippen LogP contribution in [0, 0.1) is 16.2 Å². The van der Waals surface area contributed by atoms with Crippen LogP contribution in [0.25, 0.3) is 0 Å². The number of unbranched alkanes of at least 4 members (excludes halogenated alkanes) is 1. The van der Waals surface area contributed by atoms with Gasteiger partial charge in [-0.25, -0.2) is 0 Å². The summed E-state index contributed by atoms with van der Waals surface area (Å²) in [6.45, 7) is 13.1. The monoisotopic (exact) mass is 295 g/mol. The van der Waals surface area contributed by atoms with E-state index in [9.17, 15) is 9.59 Å². The first kappa shape index (κ1) is 18.2. The minimum Gasteiger partial charge on any atom is -0.296 e. The van der Waals surface area contributed by atoms with Crippen LogP contribution < -0.4 is 5.32 Å². The van der Waals surface area contributed by atoms with E-state index in [2.05, 4.69) is 46.9 Å². The van der Waals surface area contributed by atoms with Gasteiger partial charge in [-0.2, -0.15) is 0 Å². The van der Waals surface area contributed by atoms with Crippen molar-refractivity contribution in [3.63, 3.8) is 0 Å². The number of carbonyl (C=O) groups is 2. The highest BCUT2D eigenvalue weighted by atomic mass is 16.2. The van der Waals surface area contributed by atoms with Gasteiger partial charge < -0.3 is 0 Å². The molecule has 0 aromatic heterocycles. The molecule has 3 nitrogen and oxygen atoms in total. The van der Waals surface area contributed by atoms with Gasteiger partial charge in [0.2, 0.25) is 11.8 Å². The Morgan fingerprint density at radius 2 is 1.67 bits per heavy atom. The molecule has 1 rings (SSSR count). The molecular weight excluding hydrogens is 262 g/mol. The van der Waals surface area contributed by atoms with E-state index < -0.39 is 5.41 Å². The lowest BCUT2D eigenvalue weighted by Crippen LogP contribution is -2.47. The van der Waals surface area contributed by atoms with Crippen molar-refractivity contribution in [2.75, 3.05) is 0 Å². The molecule has 0 aliphatic carbocycles. The third kappa shape index (κ3) is 3.49. The number of hydrogen-bond donors (Lipinski definition) is 1. The van der Waals surface area contributed by atoms with Crippen molar-refractivity contribution >= 4 is 11.8 Å². The van der Waals surface area contributed by atoms with Crippen LogP contribution in [0.15, 0.2) is 0 Å². The average molecular weight is 295 g/mol. The fourth-order valence-electron chi connectivity index (χ4n) is 3.66. The molecule has 0 spiro atoms. The standard InChI is InChI=1S/C18H33NO2/c1-7-10-11-16(4,5)18(12-14(20)19-15(18)21)13-17(6,8-2)9-3/h7-13H2,1-6H3,(H,19,20,21). The molecule has 1 N–H and O–H groups in total. The van der Waals surface area contributed by atoms with Gasteiger partial charge in [0.15, 0.2) is 0 Å². The first-order chi connectivity index (χ1) is 9.66. The van der Waals surface area contributed by atoms with Crippen LogP contribution in [-0.4, -0.2) is 11.8 Å². The van der Waals surface area contributed by atoms with E-state index in [1.54, 1.807) is 0 Å². The average Bonchev–Trinajstić information content (AvgIpc) is 2.72. The zero-order chi connectivity index (χ0) is 16.3. The maximum absolute atomic E-state index is 12.7. The van der Waals surface area contributed by atoms with Gasteiger partial charge in [0, 0.05) is 6.42 Å². The third-order valence-corrected chi connectivity index (χ3v) is 6.04. The Kier molecular flexibility index (Phi) is 5.63. The van der Waals surface area contributed by atoms with Crippen LogP contribution >= 0.6 is 0 Å². The van der Waals surface area contributed by atoms with Crippen molar-refractivity contribution in [3.8, 4) is 0 Å². The highest BCUT2D eigenvalue weighted by Gasteiger charge is 2.57. The number of hydrogen-bond acceptors (Lipinski definition) is 2. The van der Waals surface area contributed by atoms with Gasteiger partial charge in [-0.3, -0.25) is 14.9 Å². The molecule has 0 aromatic carbocycles. The van der Waals surface area contributed by atoms with E-state index in [1.165, 1.54) is 0 Å². The van der Waals surface area contributed by atoms with Crippen LogP contribution in [0.2, 0.25) is 0 Å². The fraction of sp³-hybridized carbons (Fsp3) is 0.889. The summed E-state index contributed by atoms with van der Waals surface area (Å²) in [6.07, 6.45) is 6.46. The molecule has 0 bridgehead atoms. The van der Waals surface area contributed by atoms with Gasteiger partial charge in [-0.1, -0.05) is 67.2 Å². The van der Waals surface area contributed by atoms with E-state index in [-0.39, 0.29) is 22.6 Å². The van der Waals surface area contributed by atoms with Crippen LogP contribution in [0.1, 0.15) is 86.5 Å². The van der Waals surface area contributed by atoms with E-state index in [0.29, 0.717) is 6.42 Å². The zero-order valence-electron chi connectivity index (χ0n) is 14.8. The number of imide groups is 1. The Labute approximate surface area is 130 Å². The van der Waals surface area contributed by atoms with Crippen molar-refractivity contribution in [2.45, 2.75) is 86.5 Å². The maximum Gasteiger partial charge on any atom is 0.233 e. The molecule has 1 aliphatic rings. The van der Waals surface area contributed by atoms with E-state index in [0.717, 1.165) is 38.5 Å². The molecule has 3 heteroatoms. The normalized spacial score (nSPS) is 23.5. The first-order valence-corrected chi connectivity index (χ1v) is 8.50. The predicted molar refractivity (Wildman–Crippen MR) is 86.8 cm³/mol. The summed E-state index contributed by atoms with van der Waals surface area (Å²) in [7, 11) is 0. The lowest BCUT2D eigenvalue weighted by Gasteiger charge is -2.46. The lowest BCUT2D eigenvalue weighted by molar-refractivity contribution is -0.137. The molecule has 122 valence electrons. The SMILES string of the molecule is CCCCC(C)(C)C1(CC(C)(CC)CC)CC(=O)NC1=O. The van der Waals surface area contributed by atoms with Gasteiger partial charge in [-0.05, 0) is 23.7 Å². The molecule has 0 aromatic rings. The second kappa shape index (κ2) is 6.50. The highest BCUT2D eigenvalue weighted by Crippen LogP contribution is 2.55. The van der Waals surface area contributed by atoms with Crippen molar-refractivity contribution in [1.29, 1.82) is 0 Å². The van der Waals surface area contributed by atoms with Gasteiger partial charge in [-0.15, -0.1) is 0 Å². The fourth-order valence-corrected chi connectivity index (χ4v) is 3.66. The maximum atomic E-state index is 12.7. The van der Waals surface area contributed by atoms with Gasteiger partial charge >= 0.3 is 0 Å². The lowest BCUT2D eigenvalue weighted by atomic mass is 9.55. The molecule has 0 saturated carbocycles.